The predicted octanol–water partition coefficient (Wildman–Crippen LogP) is 4.29. The lowest BCUT2D eigenvalue weighted by Crippen LogP contribution is -2.22. The molecule has 1 heterocycles. The van der Waals surface area contributed by atoms with E-state index in [1.807, 2.05) is 0 Å². The molecule has 114 valence electrons. The van der Waals surface area contributed by atoms with E-state index < -0.39 is 0 Å². The van der Waals surface area contributed by atoms with Crippen molar-refractivity contribution in [2.75, 3.05) is 26.8 Å². The topological polar surface area (TPSA) is 6.48 Å². The van der Waals surface area contributed by atoms with Crippen LogP contribution in [0.2, 0.25) is 0 Å². The van der Waals surface area contributed by atoms with Gasteiger partial charge in [-0.3, -0.25) is 9.80 Å². The Morgan fingerprint density at radius 3 is 2.22 bits per heavy atom. The minimum absolute atomic E-state index is 1.04. The largest absolute Gasteiger partial charge is 0.292 e. The summed E-state index contributed by atoms with van der Waals surface area (Å²) in [5.74, 6) is 0. The van der Waals surface area contributed by atoms with Crippen molar-refractivity contribution < 1.29 is 0 Å². The summed E-state index contributed by atoms with van der Waals surface area (Å²) >= 11 is 0. The molecule has 2 nitrogen and oxygen atoms in total. The van der Waals surface area contributed by atoms with Crippen LogP contribution in [0.3, 0.4) is 0 Å². The van der Waals surface area contributed by atoms with Gasteiger partial charge < -0.3 is 0 Å². The van der Waals surface area contributed by atoms with Crippen molar-refractivity contribution in [2.24, 2.45) is 0 Å². The molecule has 5 rings (SSSR count). The third-order valence-electron chi connectivity index (χ3n) is 5.25. The van der Waals surface area contributed by atoms with Crippen LogP contribution < -0.4 is 0 Å². The Balaban J connectivity index is 1.74. The third kappa shape index (κ3) is 2.03. The average molecular weight is 300 g/mol. The fraction of sp³-hybridized carbons (Fsp3) is 0.238. The van der Waals surface area contributed by atoms with E-state index in [4.69, 9.17) is 0 Å². The van der Waals surface area contributed by atoms with Crippen LogP contribution in [-0.2, 0) is 6.54 Å². The van der Waals surface area contributed by atoms with Crippen molar-refractivity contribution in [1.82, 2.24) is 9.80 Å². The summed E-state index contributed by atoms with van der Waals surface area (Å²) in [6.07, 6.45) is 0. The molecule has 0 amide bonds. The molecule has 2 heteroatoms. The summed E-state index contributed by atoms with van der Waals surface area (Å²) in [6.45, 7) is 4.45. The molecule has 0 atom stereocenters. The van der Waals surface area contributed by atoms with Crippen molar-refractivity contribution in [3.05, 3.63) is 60.2 Å². The van der Waals surface area contributed by atoms with Gasteiger partial charge in [0, 0.05) is 19.6 Å². The molecular formula is C21H20N2. The smallest absolute Gasteiger partial charge is 0.0507 e. The Kier molecular flexibility index (Phi) is 2.84. The number of nitrogens with zero attached hydrogens (tertiary/aromatic N) is 2. The molecule has 0 unspecified atom stereocenters. The van der Waals surface area contributed by atoms with Gasteiger partial charge in [0.15, 0.2) is 0 Å². The highest BCUT2D eigenvalue weighted by atomic mass is 15.4. The molecular weight excluding hydrogens is 280 g/mol. The summed E-state index contributed by atoms with van der Waals surface area (Å²) in [4.78, 5) is 4.92. The number of hydrogen-bond acceptors (Lipinski definition) is 2. The van der Waals surface area contributed by atoms with E-state index in [9.17, 15) is 0 Å². The molecule has 4 aromatic carbocycles. The minimum atomic E-state index is 1.04. The first-order chi connectivity index (χ1) is 11.3. The van der Waals surface area contributed by atoms with E-state index >= 15 is 0 Å². The Morgan fingerprint density at radius 2 is 1.48 bits per heavy atom. The summed E-state index contributed by atoms with van der Waals surface area (Å²) in [5.41, 5.74) is 1.45. The second kappa shape index (κ2) is 4.92. The van der Waals surface area contributed by atoms with Gasteiger partial charge in [0.05, 0.1) is 6.67 Å². The molecule has 1 aliphatic heterocycles. The first kappa shape index (κ1) is 13.3. The lowest BCUT2D eigenvalue weighted by molar-refractivity contribution is 0.269. The second-order valence-electron chi connectivity index (χ2n) is 6.85. The highest BCUT2D eigenvalue weighted by Crippen LogP contribution is 2.36. The number of hydrogen-bond donors (Lipinski definition) is 0. The average Bonchev–Trinajstić information content (AvgIpc) is 2.99. The fourth-order valence-corrected chi connectivity index (χ4v) is 4.10. The maximum absolute atomic E-state index is 2.53. The van der Waals surface area contributed by atoms with Gasteiger partial charge in [-0.15, -0.1) is 0 Å². The third-order valence-corrected chi connectivity index (χ3v) is 5.25. The van der Waals surface area contributed by atoms with Gasteiger partial charge in [0.25, 0.3) is 0 Å². The highest BCUT2D eigenvalue weighted by Gasteiger charge is 2.18. The normalized spacial score (nSPS) is 17.1. The highest BCUT2D eigenvalue weighted by molar-refractivity contribution is 6.23. The fourth-order valence-electron chi connectivity index (χ4n) is 4.10. The number of benzene rings is 4. The van der Waals surface area contributed by atoms with Gasteiger partial charge in [-0.1, -0.05) is 54.6 Å². The Hall–Kier alpha value is -2.16. The lowest BCUT2D eigenvalue weighted by atomic mass is 9.92. The molecule has 0 N–H and O–H groups in total. The number of rotatable bonds is 2. The molecule has 23 heavy (non-hydrogen) atoms. The van der Waals surface area contributed by atoms with Crippen LogP contribution in [0.25, 0.3) is 32.3 Å². The van der Waals surface area contributed by atoms with E-state index in [0.29, 0.717) is 0 Å². The summed E-state index contributed by atoms with van der Waals surface area (Å²) in [5, 5.41) is 8.32. The van der Waals surface area contributed by atoms with E-state index in [-0.39, 0.29) is 0 Å². The molecule has 1 aliphatic rings. The van der Waals surface area contributed by atoms with Crippen LogP contribution in [0.15, 0.2) is 54.6 Å². The van der Waals surface area contributed by atoms with Gasteiger partial charge in [-0.05, 0) is 44.9 Å². The van der Waals surface area contributed by atoms with Crippen LogP contribution in [0.1, 0.15) is 5.56 Å². The van der Waals surface area contributed by atoms with E-state index in [2.05, 4.69) is 71.4 Å². The second-order valence-corrected chi connectivity index (χ2v) is 6.85. The van der Waals surface area contributed by atoms with Gasteiger partial charge >= 0.3 is 0 Å². The molecule has 0 aromatic heterocycles. The van der Waals surface area contributed by atoms with Crippen molar-refractivity contribution in [1.29, 1.82) is 0 Å². The molecule has 1 saturated heterocycles. The Bertz CT molecular complexity index is 989. The zero-order valence-corrected chi connectivity index (χ0v) is 13.4. The summed E-state index contributed by atoms with van der Waals surface area (Å²) in [7, 11) is 2.20. The SMILES string of the molecule is CN1CCN(Cc2ccc3ccc4cccc5ccc2c3c45)C1. The van der Waals surface area contributed by atoms with Crippen LogP contribution in [-0.4, -0.2) is 36.6 Å². The van der Waals surface area contributed by atoms with Crippen LogP contribution in [0.4, 0.5) is 0 Å². The summed E-state index contributed by atoms with van der Waals surface area (Å²) in [6, 6.07) is 20.3. The van der Waals surface area contributed by atoms with Crippen molar-refractivity contribution in [3.8, 4) is 0 Å². The zero-order valence-electron chi connectivity index (χ0n) is 13.4. The molecule has 0 bridgehead atoms. The van der Waals surface area contributed by atoms with Gasteiger partial charge in [-0.25, -0.2) is 0 Å². The van der Waals surface area contributed by atoms with Crippen molar-refractivity contribution in [3.63, 3.8) is 0 Å². The molecule has 0 aliphatic carbocycles. The standard InChI is InChI=1S/C21H20N2/c1-22-11-12-23(14-22)13-18-8-7-17-6-5-15-3-2-4-16-9-10-19(18)21(17)20(15)16/h2-10H,11-14H2,1H3. The molecule has 0 saturated carbocycles. The lowest BCUT2D eigenvalue weighted by Gasteiger charge is -2.18. The van der Waals surface area contributed by atoms with E-state index in [1.165, 1.54) is 51.0 Å². The van der Waals surface area contributed by atoms with Crippen molar-refractivity contribution in [2.45, 2.75) is 6.54 Å². The minimum Gasteiger partial charge on any atom is -0.292 e. The van der Waals surface area contributed by atoms with E-state index in [1.54, 1.807) is 0 Å². The first-order valence-corrected chi connectivity index (χ1v) is 8.36. The van der Waals surface area contributed by atoms with Crippen molar-refractivity contribution >= 4 is 32.3 Å². The quantitative estimate of drug-likeness (QED) is 0.510. The maximum atomic E-state index is 2.53. The predicted molar refractivity (Wildman–Crippen MR) is 98.1 cm³/mol. The Morgan fingerprint density at radius 1 is 0.783 bits per heavy atom. The van der Waals surface area contributed by atoms with Crippen LogP contribution >= 0.6 is 0 Å². The van der Waals surface area contributed by atoms with Crippen LogP contribution in [0, 0.1) is 0 Å². The molecule has 0 radical (unpaired) electrons. The van der Waals surface area contributed by atoms with Gasteiger partial charge in [0.1, 0.15) is 0 Å². The monoisotopic (exact) mass is 300 g/mol. The van der Waals surface area contributed by atoms with Gasteiger partial charge in [0.2, 0.25) is 0 Å². The summed E-state index contributed by atoms with van der Waals surface area (Å²) < 4.78 is 0. The zero-order chi connectivity index (χ0) is 15.4. The van der Waals surface area contributed by atoms with E-state index in [0.717, 1.165) is 13.2 Å². The maximum Gasteiger partial charge on any atom is 0.0507 e. The Labute approximate surface area is 136 Å². The molecule has 4 aromatic rings. The van der Waals surface area contributed by atoms with Gasteiger partial charge in [-0.2, -0.15) is 0 Å². The first-order valence-electron chi connectivity index (χ1n) is 8.36. The van der Waals surface area contributed by atoms with Crippen LogP contribution in [0.5, 0.6) is 0 Å². The molecule has 1 fully saturated rings. The number of likely N-dealkylation sites (N-methyl/N-ethyl adjacent to an activating group) is 1. The molecule has 0 spiro atoms.